The van der Waals surface area contributed by atoms with Crippen LogP contribution in [0.2, 0.25) is 0 Å². The average molecular weight is 284 g/mol. The van der Waals surface area contributed by atoms with Gasteiger partial charge >= 0.3 is 0 Å². The van der Waals surface area contributed by atoms with Gasteiger partial charge in [0.05, 0.1) is 11.0 Å². The van der Waals surface area contributed by atoms with Crippen molar-refractivity contribution < 1.29 is 4.57 Å². The molecule has 2 aliphatic carbocycles. The molecule has 1 atom stereocenters. The third kappa shape index (κ3) is 1.13. The van der Waals surface area contributed by atoms with Gasteiger partial charge in [-0.3, -0.25) is 0 Å². The molecule has 1 heterocycles. The van der Waals surface area contributed by atoms with Crippen LogP contribution >= 0.6 is 0 Å². The van der Waals surface area contributed by atoms with Crippen LogP contribution in [0.1, 0.15) is 29.2 Å². The molecule has 1 unspecified atom stereocenters. The molecule has 1 heteroatoms. The number of aryl methyl sites for hydroxylation is 2. The number of benzene rings is 2. The number of rotatable bonds is 0. The second-order valence-corrected chi connectivity index (χ2v) is 6.73. The van der Waals surface area contributed by atoms with E-state index in [4.69, 9.17) is 0 Å². The second-order valence-electron chi connectivity index (χ2n) is 6.73. The van der Waals surface area contributed by atoms with E-state index in [1.807, 2.05) is 0 Å². The molecule has 2 aliphatic rings. The monoisotopic (exact) mass is 284 g/mol. The minimum absolute atomic E-state index is 0.0123. The van der Waals surface area contributed by atoms with E-state index < -0.39 is 0 Å². The molecule has 1 aromatic heterocycles. The van der Waals surface area contributed by atoms with Crippen LogP contribution in [0, 0.1) is 6.92 Å². The number of nitrogens with zero attached hydrogens (tertiary/aromatic N) is 1. The number of pyridine rings is 1. The molecule has 2 aromatic carbocycles. The maximum atomic E-state index is 2.40. The lowest BCUT2D eigenvalue weighted by molar-refractivity contribution is -0.660. The minimum Gasteiger partial charge on any atom is -0.201 e. The first kappa shape index (κ1) is 12.2. The molecule has 0 saturated carbocycles. The normalized spacial score (nSPS) is 19.8. The number of hydrogen-bond acceptors (Lipinski definition) is 0. The summed E-state index contributed by atoms with van der Waals surface area (Å²) in [7, 11) is 2.16. The van der Waals surface area contributed by atoms with E-state index >= 15 is 0 Å². The number of aromatic nitrogens is 1. The Hall–Kier alpha value is -2.41. The quantitative estimate of drug-likeness (QED) is 0.546. The van der Waals surface area contributed by atoms with Crippen LogP contribution in [0.25, 0.3) is 22.4 Å². The summed E-state index contributed by atoms with van der Waals surface area (Å²) in [4.78, 5) is 0. The van der Waals surface area contributed by atoms with Crippen molar-refractivity contribution in [1.29, 1.82) is 0 Å². The fourth-order valence-corrected chi connectivity index (χ4v) is 4.65. The molecular formula is C21H18N+. The summed E-state index contributed by atoms with van der Waals surface area (Å²) in [6.07, 6.45) is 2.16. The first-order valence-corrected chi connectivity index (χ1v) is 7.87. The third-order valence-electron chi connectivity index (χ3n) is 5.63. The fourth-order valence-electron chi connectivity index (χ4n) is 4.65. The van der Waals surface area contributed by atoms with Crippen molar-refractivity contribution in [3.63, 3.8) is 0 Å². The summed E-state index contributed by atoms with van der Waals surface area (Å²) in [5.74, 6) is 0. The Morgan fingerprint density at radius 1 is 0.864 bits per heavy atom. The highest BCUT2D eigenvalue weighted by Crippen LogP contribution is 2.60. The topological polar surface area (TPSA) is 3.88 Å². The Morgan fingerprint density at radius 2 is 1.64 bits per heavy atom. The van der Waals surface area contributed by atoms with E-state index in [1.54, 1.807) is 0 Å². The Morgan fingerprint density at radius 3 is 2.50 bits per heavy atom. The van der Waals surface area contributed by atoms with Crippen LogP contribution in [-0.2, 0) is 12.5 Å². The van der Waals surface area contributed by atoms with Gasteiger partial charge in [0, 0.05) is 11.6 Å². The van der Waals surface area contributed by atoms with E-state index in [1.165, 1.54) is 44.6 Å². The fraction of sp³-hybridized carbons (Fsp3) is 0.190. The smallest absolute Gasteiger partial charge is 0.201 e. The van der Waals surface area contributed by atoms with Crippen molar-refractivity contribution in [3.8, 4) is 22.4 Å². The predicted molar refractivity (Wildman–Crippen MR) is 88.8 cm³/mol. The van der Waals surface area contributed by atoms with Crippen LogP contribution < -0.4 is 4.57 Å². The maximum Gasteiger partial charge on any atom is 0.217 e. The molecule has 0 fully saturated rings. The first-order chi connectivity index (χ1) is 10.6. The summed E-state index contributed by atoms with van der Waals surface area (Å²) < 4.78 is 2.28. The third-order valence-corrected chi connectivity index (χ3v) is 5.63. The predicted octanol–water partition coefficient (Wildman–Crippen LogP) is 4.13. The van der Waals surface area contributed by atoms with E-state index in [2.05, 4.69) is 80.2 Å². The van der Waals surface area contributed by atoms with Gasteiger partial charge in [-0.1, -0.05) is 36.4 Å². The molecule has 106 valence electrons. The zero-order valence-electron chi connectivity index (χ0n) is 13.1. The van der Waals surface area contributed by atoms with Gasteiger partial charge in [0.15, 0.2) is 6.20 Å². The Bertz CT molecular complexity index is 968. The van der Waals surface area contributed by atoms with Gasteiger partial charge in [-0.05, 0) is 47.7 Å². The molecule has 0 spiro atoms. The Labute approximate surface area is 130 Å². The molecule has 0 bridgehead atoms. The highest BCUT2D eigenvalue weighted by Gasteiger charge is 2.51. The summed E-state index contributed by atoms with van der Waals surface area (Å²) in [6.45, 7) is 4.63. The van der Waals surface area contributed by atoms with Crippen molar-refractivity contribution in [3.05, 3.63) is 77.0 Å². The van der Waals surface area contributed by atoms with Crippen molar-refractivity contribution in [2.24, 2.45) is 7.05 Å². The highest BCUT2D eigenvalue weighted by molar-refractivity contribution is 5.95. The summed E-state index contributed by atoms with van der Waals surface area (Å²) >= 11 is 0. The highest BCUT2D eigenvalue weighted by atomic mass is 14.9. The number of hydrogen-bond donors (Lipinski definition) is 0. The lowest BCUT2D eigenvalue weighted by Gasteiger charge is -2.22. The molecule has 0 saturated heterocycles. The van der Waals surface area contributed by atoms with Crippen LogP contribution in [-0.4, -0.2) is 0 Å². The van der Waals surface area contributed by atoms with Gasteiger partial charge in [0.25, 0.3) is 0 Å². The Balaban J connectivity index is 2.06. The summed E-state index contributed by atoms with van der Waals surface area (Å²) in [5, 5.41) is 0. The van der Waals surface area contributed by atoms with E-state index in [0.717, 1.165) is 0 Å². The molecule has 22 heavy (non-hydrogen) atoms. The zero-order chi connectivity index (χ0) is 15.1. The van der Waals surface area contributed by atoms with Gasteiger partial charge in [-0.2, -0.15) is 0 Å². The average Bonchev–Trinajstić information content (AvgIpc) is 2.95. The number of fused-ring (bicyclic) bond motifs is 6. The molecule has 3 aromatic rings. The molecule has 5 rings (SSSR count). The zero-order valence-corrected chi connectivity index (χ0v) is 13.1. The Kier molecular flexibility index (Phi) is 2.03. The first-order valence-electron chi connectivity index (χ1n) is 7.87. The lowest BCUT2D eigenvalue weighted by atomic mass is 9.78. The van der Waals surface area contributed by atoms with Gasteiger partial charge in [-0.25, -0.2) is 4.57 Å². The molecule has 0 amide bonds. The van der Waals surface area contributed by atoms with Crippen LogP contribution in [0.15, 0.2) is 54.7 Å². The largest absolute Gasteiger partial charge is 0.217 e. The van der Waals surface area contributed by atoms with Crippen LogP contribution in [0.4, 0.5) is 0 Å². The van der Waals surface area contributed by atoms with Crippen molar-refractivity contribution in [2.75, 3.05) is 0 Å². The second kappa shape index (κ2) is 3.67. The standard InChI is InChI=1S/C21H18N/c1-13-10-11-15-14-7-4-5-8-16(14)21(2)17-9-6-12-22(3)20(17)18(13)19(15)21/h4-12H,1-3H3/q+1. The molecule has 0 radical (unpaired) electrons. The minimum atomic E-state index is -0.0123. The molecule has 0 N–H and O–H groups in total. The van der Waals surface area contributed by atoms with Gasteiger partial charge in [-0.15, -0.1) is 0 Å². The molecule has 0 aliphatic heterocycles. The van der Waals surface area contributed by atoms with Crippen molar-refractivity contribution in [1.82, 2.24) is 0 Å². The van der Waals surface area contributed by atoms with E-state index in [-0.39, 0.29) is 5.41 Å². The van der Waals surface area contributed by atoms with Gasteiger partial charge < -0.3 is 0 Å². The SMILES string of the molecule is Cc1ccc2c3c1-c1c(ccc[n+]1C)C3(C)c1ccccc1-2. The van der Waals surface area contributed by atoms with Crippen molar-refractivity contribution >= 4 is 0 Å². The van der Waals surface area contributed by atoms with Crippen LogP contribution in [0.3, 0.4) is 0 Å². The van der Waals surface area contributed by atoms with Gasteiger partial charge in [0.2, 0.25) is 5.69 Å². The van der Waals surface area contributed by atoms with Gasteiger partial charge in [0.1, 0.15) is 7.05 Å². The lowest BCUT2D eigenvalue weighted by Crippen LogP contribution is -2.32. The van der Waals surface area contributed by atoms with E-state index in [9.17, 15) is 0 Å². The summed E-state index contributed by atoms with van der Waals surface area (Å²) in [5.41, 5.74) is 11.4. The molecular weight excluding hydrogens is 266 g/mol. The van der Waals surface area contributed by atoms with E-state index in [0.29, 0.717) is 0 Å². The van der Waals surface area contributed by atoms with Crippen LogP contribution in [0.5, 0.6) is 0 Å². The maximum absolute atomic E-state index is 2.40. The summed E-state index contributed by atoms with van der Waals surface area (Å²) in [6, 6.07) is 18.0. The van der Waals surface area contributed by atoms with Crippen molar-refractivity contribution in [2.45, 2.75) is 19.3 Å². The molecule has 1 nitrogen and oxygen atoms in total.